The van der Waals surface area contributed by atoms with Crippen LogP contribution >= 0.6 is 11.3 Å². The van der Waals surface area contributed by atoms with Gasteiger partial charge < -0.3 is 40.5 Å². The molecule has 4 aromatic rings. The van der Waals surface area contributed by atoms with Crippen molar-refractivity contribution in [3.8, 4) is 0 Å². The smallest absolute Gasteiger partial charge is 0.246 e. The normalized spacial score (nSPS) is 25.1. The van der Waals surface area contributed by atoms with Crippen LogP contribution in [0.4, 0.5) is 0 Å². The molecule has 2 saturated heterocycles. The Morgan fingerprint density at radius 2 is 1.38 bits per heavy atom. The molecule has 7 atom stereocenters. The monoisotopic (exact) mass is 1020 g/mol. The summed E-state index contributed by atoms with van der Waals surface area (Å²) in [7, 11) is 3.09. The molecule has 1 aliphatic carbocycles. The zero-order valence-corrected chi connectivity index (χ0v) is 45.1. The summed E-state index contributed by atoms with van der Waals surface area (Å²) in [6, 6.07) is 5.92. The number of hydrogen-bond donors (Lipinski definition) is 4. The number of allylic oxidation sites excluding steroid dienone is 1. The molecule has 4 heterocycles. The summed E-state index contributed by atoms with van der Waals surface area (Å²) < 4.78 is 2.99. The van der Waals surface area contributed by atoms with Gasteiger partial charge in [-0.15, -0.1) is 17.9 Å². The van der Waals surface area contributed by atoms with Gasteiger partial charge in [0.15, 0.2) is 0 Å². The van der Waals surface area contributed by atoms with Gasteiger partial charge in [0, 0.05) is 50.6 Å². The first kappa shape index (κ1) is 54.7. The third kappa shape index (κ3) is 12.6. The lowest BCUT2D eigenvalue weighted by Gasteiger charge is -2.41. The second kappa shape index (κ2) is 23.4. The average Bonchev–Trinajstić information content (AvgIpc) is 4.14. The molecule has 2 aliphatic heterocycles. The number of para-hydroxylation sites is 1. The summed E-state index contributed by atoms with van der Waals surface area (Å²) in [5, 5.41) is 12.9. The van der Waals surface area contributed by atoms with Crippen molar-refractivity contribution in [3.63, 3.8) is 0 Å². The van der Waals surface area contributed by atoms with E-state index < -0.39 is 89.2 Å². The highest BCUT2D eigenvalue weighted by Gasteiger charge is 2.43. The van der Waals surface area contributed by atoms with E-state index in [-0.39, 0.29) is 43.6 Å². The maximum absolute atomic E-state index is 15.5. The van der Waals surface area contributed by atoms with Crippen LogP contribution in [-0.4, -0.2) is 129 Å². The highest BCUT2D eigenvalue weighted by atomic mass is 32.1. The van der Waals surface area contributed by atoms with Crippen molar-refractivity contribution in [1.29, 1.82) is 0 Å². The number of rotatable bonds is 12. The second-order valence-electron chi connectivity index (χ2n) is 22.1. The van der Waals surface area contributed by atoms with Gasteiger partial charge in [-0.05, 0) is 100.0 Å². The molecule has 2 bridgehead atoms. The molecule has 7 rings (SSSR count). The molecule has 4 N–H and O–H groups in total. The number of aromatic nitrogens is 2. The fourth-order valence-electron chi connectivity index (χ4n) is 11.0. The molecule has 17 heteroatoms. The van der Waals surface area contributed by atoms with E-state index in [4.69, 9.17) is 0 Å². The van der Waals surface area contributed by atoms with E-state index >= 15 is 9.59 Å². The standard InChI is InChI=1S/C56H77N9O7S/c1-11-56(7,8)65-31-38(39-19-14-15-20-44(39)65)30-43-54(71)63(10)46(25-33(2)3)51(68)59-42(28-37-22-23-40-48(29-37)73-32-57-40)49(66)58-35(6)53(70)62(9)45-21-16-24-64(55(45)72)47(26-34(4)5)52(69)60-41(50(67)61-43)27-36-17-12-13-18-36/h11,14-15,19-20,22-23,29,31-36,41-43,45-47H,1,12-13,16-18,21,24-28,30H2,2-10H3,(H,58,66)(H,59,68)(H,60,69)(H,61,67)/t35-,41-,42-,43-,45-,46-,47-/m0/s1. The number of thiazole rings is 1. The minimum absolute atomic E-state index is 0.0206. The summed E-state index contributed by atoms with van der Waals surface area (Å²) >= 11 is 1.45. The van der Waals surface area contributed by atoms with Crippen LogP contribution in [0.3, 0.4) is 0 Å². The maximum Gasteiger partial charge on any atom is 0.246 e. The van der Waals surface area contributed by atoms with Gasteiger partial charge in [-0.1, -0.05) is 83.7 Å². The molecule has 1 saturated carbocycles. The predicted octanol–water partition coefficient (Wildman–Crippen LogP) is 6.25. The first-order valence-corrected chi connectivity index (χ1v) is 27.2. The van der Waals surface area contributed by atoms with Crippen molar-refractivity contribution in [2.75, 3.05) is 20.6 Å². The molecule has 2 aromatic heterocycles. The fraction of sp³-hybridized carbons (Fsp3) is 0.571. The Labute approximate surface area is 434 Å². The van der Waals surface area contributed by atoms with Gasteiger partial charge in [-0.2, -0.15) is 0 Å². The second-order valence-corrected chi connectivity index (χ2v) is 23.0. The van der Waals surface area contributed by atoms with Crippen LogP contribution in [0.1, 0.15) is 117 Å². The topological polar surface area (TPSA) is 195 Å². The van der Waals surface area contributed by atoms with Crippen molar-refractivity contribution in [2.24, 2.45) is 17.8 Å². The van der Waals surface area contributed by atoms with E-state index in [1.807, 2.05) is 96.3 Å². The lowest BCUT2D eigenvalue weighted by Crippen LogP contribution is -2.62. The van der Waals surface area contributed by atoms with Crippen LogP contribution in [0.2, 0.25) is 0 Å². The molecule has 394 valence electrons. The van der Waals surface area contributed by atoms with E-state index in [9.17, 15) is 24.0 Å². The number of nitrogens with one attached hydrogen (secondary N) is 4. The SMILES string of the molecule is C=CC(C)(C)n1cc(C[C@@H]2NC(=O)[C@H](CC3CCCC3)NC(=O)[C@H](CC(C)C)N3CCC[C@@H](C3=O)N(C)C(=O)[C@H](C)NC(=O)[C@H](Cc3ccc4ncsc4c3)NC(=O)[C@H](CC(C)C)N(C)C2=O)c2ccccc21. The molecular weight excluding hydrogens is 943 g/mol. The first-order chi connectivity index (χ1) is 34.7. The van der Waals surface area contributed by atoms with Gasteiger partial charge in [0.1, 0.15) is 42.3 Å². The Morgan fingerprint density at radius 3 is 2.08 bits per heavy atom. The van der Waals surface area contributed by atoms with E-state index in [1.54, 1.807) is 24.4 Å². The van der Waals surface area contributed by atoms with Gasteiger partial charge in [-0.3, -0.25) is 33.6 Å². The number of likely N-dealkylation sites (N-methyl/N-ethyl adjacent to an activating group) is 2. The minimum Gasteiger partial charge on any atom is -0.343 e. The van der Waals surface area contributed by atoms with Crippen LogP contribution in [0.25, 0.3) is 21.1 Å². The zero-order chi connectivity index (χ0) is 52.9. The van der Waals surface area contributed by atoms with Crippen molar-refractivity contribution < 1.29 is 33.6 Å². The zero-order valence-electron chi connectivity index (χ0n) is 44.2. The highest BCUT2D eigenvalue weighted by molar-refractivity contribution is 7.16. The Balaban J connectivity index is 1.34. The third-order valence-corrected chi connectivity index (χ3v) is 16.1. The van der Waals surface area contributed by atoms with Crippen molar-refractivity contribution in [3.05, 3.63) is 78.0 Å². The molecule has 16 nitrogen and oxygen atoms in total. The van der Waals surface area contributed by atoms with Crippen LogP contribution in [0, 0.1) is 17.8 Å². The van der Waals surface area contributed by atoms with Crippen LogP contribution < -0.4 is 21.3 Å². The van der Waals surface area contributed by atoms with Crippen molar-refractivity contribution >= 4 is 73.8 Å². The summed E-state index contributed by atoms with van der Waals surface area (Å²) in [5.74, 6) is -3.66. The van der Waals surface area contributed by atoms with Gasteiger partial charge in [0.25, 0.3) is 0 Å². The fourth-order valence-corrected chi connectivity index (χ4v) is 11.7. The molecule has 73 heavy (non-hydrogen) atoms. The Kier molecular flexibility index (Phi) is 17.5. The minimum atomic E-state index is -1.22. The van der Waals surface area contributed by atoms with Crippen LogP contribution in [0.15, 0.2) is 66.8 Å². The third-order valence-electron chi connectivity index (χ3n) is 15.3. The number of hydrogen-bond acceptors (Lipinski definition) is 9. The molecule has 3 fully saturated rings. The van der Waals surface area contributed by atoms with Gasteiger partial charge in [0.05, 0.1) is 21.3 Å². The summed E-state index contributed by atoms with van der Waals surface area (Å²) in [5.41, 5.74) is 4.44. The summed E-state index contributed by atoms with van der Waals surface area (Å²) in [4.78, 5) is 113. The number of carbonyl (C=O) groups excluding carboxylic acids is 7. The van der Waals surface area contributed by atoms with E-state index in [2.05, 4.69) is 37.4 Å². The predicted molar refractivity (Wildman–Crippen MR) is 285 cm³/mol. The lowest BCUT2D eigenvalue weighted by atomic mass is 9.94. The van der Waals surface area contributed by atoms with Gasteiger partial charge in [-0.25, -0.2) is 4.98 Å². The van der Waals surface area contributed by atoms with Crippen molar-refractivity contribution in [1.82, 2.24) is 45.5 Å². The summed E-state index contributed by atoms with van der Waals surface area (Å²) in [6.45, 7) is 17.8. The quantitative estimate of drug-likeness (QED) is 0.120. The Hall–Kier alpha value is -6.10. The molecule has 0 spiro atoms. The maximum atomic E-state index is 15.5. The Bertz CT molecular complexity index is 2690. The average molecular weight is 1020 g/mol. The van der Waals surface area contributed by atoms with E-state index in [0.29, 0.717) is 25.7 Å². The number of amides is 7. The number of carbonyl (C=O) groups is 7. The largest absolute Gasteiger partial charge is 0.343 e. The number of benzene rings is 2. The summed E-state index contributed by atoms with van der Waals surface area (Å²) in [6.07, 6.45) is 9.40. The molecule has 3 aliphatic rings. The molecule has 7 amide bonds. The number of nitrogens with zero attached hydrogens (tertiary/aromatic N) is 5. The highest BCUT2D eigenvalue weighted by Crippen LogP contribution is 2.32. The van der Waals surface area contributed by atoms with Crippen LogP contribution in [-0.2, 0) is 51.9 Å². The Morgan fingerprint density at radius 1 is 0.740 bits per heavy atom. The molecule has 2 aromatic carbocycles. The number of piperidine rings is 1. The molecule has 0 unspecified atom stereocenters. The van der Waals surface area contributed by atoms with Gasteiger partial charge in [0.2, 0.25) is 41.4 Å². The van der Waals surface area contributed by atoms with Crippen LogP contribution in [0.5, 0.6) is 0 Å². The first-order valence-electron chi connectivity index (χ1n) is 26.3. The van der Waals surface area contributed by atoms with Crippen molar-refractivity contribution in [2.45, 2.75) is 167 Å². The lowest BCUT2D eigenvalue weighted by molar-refractivity contribution is -0.153. The van der Waals surface area contributed by atoms with E-state index in [0.717, 1.165) is 57.9 Å². The number of fused-ring (bicyclic) bond motifs is 4. The molecule has 0 radical (unpaired) electrons. The van der Waals surface area contributed by atoms with E-state index in [1.165, 1.54) is 28.2 Å². The van der Waals surface area contributed by atoms with Gasteiger partial charge >= 0.3 is 0 Å². The molecular formula is C56H77N9O7S.